The minimum absolute atomic E-state index is 0.0928. The van der Waals surface area contributed by atoms with Gasteiger partial charge < -0.3 is 5.11 Å². The van der Waals surface area contributed by atoms with Gasteiger partial charge in [-0.1, -0.05) is 50.0 Å². The largest absolute Gasteiger partial charge is 0.480 e. The molecule has 0 radical (unpaired) electrons. The second-order valence-corrected chi connectivity index (χ2v) is 7.11. The number of hydrogen-bond acceptors (Lipinski definition) is 6. The number of non-ortho nitro benzene ring substituents is 1. The molecule has 0 spiro atoms. The van der Waals surface area contributed by atoms with Crippen LogP contribution in [0.1, 0.15) is 19.4 Å². The maximum absolute atomic E-state index is 12.5. The summed E-state index contributed by atoms with van der Waals surface area (Å²) >= 11 is 6.14. The zero-order chi connectivity index (χ0) is 18.0. The van der Waals surface area contributed by atoms with Crippen LogP contribution in [0.3, 0.4) is 0 Å². The molecule has 1 heterocycles. The first-order valence-corrected chi connectivity index (χ1v) is 8.19. The van der Waals surface area contributed by atoms with Gasteiger partial charge in [-0.2, -0.15) is 0 Å². The highest BCUT2D eigenvalue weighted by Gasteiger charge is 2.41. The highest BCUT2D eigenvalue weighted by Crippen LogP contribution is 2.35. The zero-order valence-electron chi connectivity index (χ0n) is 12.8. The van der Waals surface area contributed by atoms with E-state index in [1.165, 1.54) is 24.3 Å². The predicted octanol–water partition coefficient (Wildman–Crippen LogP) is 2.91. The Morgan fingerprint density at radius 3 is 2.67 bits per heavy atom. The number of aliphatic carboxylic acids is 1. The van der Waals surface area contributed by atoms with Crippen LogP contribution in [0, 0.1) is 16.0 Å². The van der Waals surface area contributed by atoms with Crippen molar-refractivity contribution in [1.29, 1.82) is 0 Å². The first-order chi connectivity index (χ1) is 11.2. The number of carboxylic acids is 1. The van der Waals surface area contributed by atoms with Crippen molar-refractivity contribution in [2.75, 3.05) is 0 Å². The lowest BCUT2D eigenvalue weighted by Gasteiger charge is -2.26. The quantitative estimate of drug-likeness (QED) is 0.370. The van der Waals surface area contributed by atoms with E-state index in [9.17, 15) is 24.8 Å². The van der Waals surface area contributed by atoms with Crippen LogP contribution in [-0.2, 0) is 9.59 Å². The molecule has 126 valence electrons. The molecule has 1 amide bonds. The molecule has 0 bridgehead atoms. The van der Waals surface area contributed by atoms with Gasteiger partial charge in [0, 0.05) is 12.1 Å². The summed E-state index contributed by atoms with van der Waals surface area (Å²) in [5.41, 5.74) is 0.381. The molecule has 0 aliphatic carbocycles. The van der Waals surface area contributed by atoms with Gasteiger partial charge in [-0.15, -0.1) is 0 Å². The van der Waals surface area contributed by atoms with Gasteiger partial charge in [0.1, 0.15) is 10.4 Å². The number of amides is 1. The van der Waals surface area contributed by atoms with Crippen molar-refractivity contribution < 1.29 is 19.6 Å². The number of carboxylic acid groups (broad SMARTS) is 1. The van der Waals surface area contributed by atoms with Gasteiger partial charge in [0.05, 0.1) is 9.83 Å². The van der Waals surface area contributed by atoms with Crippen LogP contribution in [0.25, 0.3) is 6.08 Å². The molecule has 1 aromatic rings. The number of rotatable bonds is 5. The summed E-state index contributed by atoms with van der Waals surface area (Å²) < 4.78 is 0.165. The van der Waals surface area contributed by atoms with Crippen molar-refractivity contribution in [1.82, 2.24) is 4.90 Å². The smallest absolute Gasteiger partial charge is 0.327 e. The molecule has 1 fully saturated rings. The Morgan fingerprint density at radius 2 is 2.12 bits per heavy atom. The van der Waals surface area contributed by atoms with E-state index in [0.29, 0.717) is 5.56 Å². The number of hydrogen-bond donors (Lipinski definition) is 1. The maximum Gasteiger partial charge on any atom is 0.327 e. The molecule has 2 rings (SSSR count). The molecule has 1 saturated heterocycles. The van der Waals surface area contributed by atoms with Gasteiger partial charge in [-0.25, -0.2) is 4.79 Å². The van der Waals surface area contributed by atoms with Crippen LogP contribution in [0.4, 0.5) is 5.69 Å². The predicted molar refractivity (Wildman–Crippen MR) is 94.4 cm³/mol. The number of nitro groups is 1. The topological polar surface area (TPSA) is 101 Å². The molecule has 1 N–H and O–H groups in total. The number of thiocarbonyl (C=S) groups is 1. The molecule has 24 heavy (non-hydrogen) atoms. The Bertz CT molecular complexity index is 760. The standard InChI is InChI=1S/C15H14N2O5S2/c1-8(2)12(14(19)20)16-13(18)11(24-15(16)23)7-9-4-3-5-10(6-9)17(21)22/h3-8,12H,1-2H3,(H,19,20)/b11-7+. The monoisotopic (exact) mass is 366 g/mol. The minimum atomic E-state index is -1.13. The lowest BCUT2D eigenvalue weighted by atomic mass is 10.0. The average Bonchev–Trinajstić information content (AvgIpc) is 2.75. The third-order valence-corrected chi connectivity index (χ3v) is 4.70. The van der Waals surface area contributed by atoms with Crippen LogP contribution >= 0.6 is 24.0 Å². The van der Waals surface area contributed by atoms with Gasteiger partial charge in [0.2, 0.25) is 0 Å². The number of carbonyl (C=O) groups excluding carboxylic acids is 1. The van der Waals surface area contributed by atoms with Crippen LogP contribution in [0.2, 0.25) is 0 Å². The van der Waals surface area contributed by atoms with Crippen molar-refractivity contribution in [3.8, 4) is 0 Å². The number of nitrogens with zero attached hydrogens (tertiary/aromatic N) is 2. The van der Waals surface area contributed by atoms with E-state index in [4.69, 9.17) is 12.2 Å². The second-order valence-electron chi connectivity index (χ2n) is 5.43. The molecule has 1 aliphatic rings. The minimum Gasteiger partial charge on any atom is -0.480 e. The normalized spacial score (nSPS) is 17.6. The number of benzene rings is 1. The van der Waals surface area contributed by atoms with Gasteiger partial charge in [0.15, 0.2) is 0 Å². The third kappa shape index (κ3) is 3.62. The Hall–Kier alpha value is -2.26. The highest BCUT2D eigenvalue weighted by atomic mass is 32.2. The summed E-state index contributed by atoms with van der Waals surface area (Å²) in [4.78, 5) is 35.6. The molecule has 0 saturated carbocycles. The van der Waals surface area contributed by atoms with Crippen LogP contribution < -0.4 is 0 Å². The van der Waals surface area contributed by atoms with E-state index in [1.54, 1.807) is 19.9 Å². The van der Waals surface area contributed by atoms with Crippen LogP contribution in [0.15, 0.2) is 29.2 Å². The number of thioether (sulfide) groups is 1. The van der Waals surface area contributed by atoms with Crippen molar-refractivity contribution in [2.24, 2.45) is 5.92 Å². The van der Waals surface area contributed by atoms with E-state index < -0.39 is 22.8 Å². The number of nitro benzene ring substituents is 1. The van der Waals surface area contributed by atoms with Crippen molar-refractivity contribution in [2.45, 2.75) is 19.9 Å². The molecule has 1 aliphatic heterocycles. The second kappa shape index (κ2) is 7.10. The van der Waals surface area contributed by atoms with Crippen molar-refractivity contribution in [3.05, 3.63) is 44.8 Å². The van der Waals surface area contributed by atoms with E-state index in [0.717, 1.165) is 16.7 Å². The summed E-state index contributed by atoms with van der Waals surface area (Å²) in [6.45, 7) is 3.39. The Labute approximate surface area is 147 Å². The van der Waals surface area contributed by atoms with Gasteiger partial charge >= 0.3 is 5.97 Å². The summed E-state index contributed by atoms with van der Waals surface area (Å²) in [5, 5.41) is 20.2. The van der Waals surface area contributed by atoms with Crippen molar-refractivity contribution >= 4 is 51.9 Å². The first-order valence-electron chi connectivity index (χ1n) is 6.96. The number of carbonyl (C=O) groups is 2. The van der Waals surface area contributed by atoms with Gasteiger partial charge in [-0.05, 0) is 17.6 Å². The summed E-state index contributed by atoms with van der Waals surface area (Å²) in [6.07, 6.45) is 1.48. The Balaban J connectivity index is 2.36. The molecule has 9 heteroatoms. The van der Waals surface area contributed by atoms with Gasteiger partial charge in [0.25, 0.3) is 11.6 Å². The first kappa shape index (κ1) is 18.1. The van der Waals surface area contributed by atoms with E-state index in [-0.39, 0.29) is 20.8 Å². The van der Waals surface area contributed by atoms with Crippen molar-refractivity contribution in [3.63, 3.8) is 0 Å². The third-order valence-electron chi connectivity index (χ3n) is 3.37. The molecular formula is C15H14N2O5S2. The molecule has 7 nitrogen and oxygen atoms in total. The SMILES string of the molecule is CC(C)C(C(=O)O)N1C(=O)/C(=C\c2cccc([N+](=O)[O-])c2)SC1=S. The average molecular weight is 366 g/mol. The van der Waals surface area contributed by atoms with Crippen LogP contribution in [-0.4, -0.2) is 37.2 Å². The molecular weight excluding hydrogens is 352 g/mol. The van der Waals surface area contributed by atoms with E-state index in [1.807, 2.05) is 0 Å². The zero-order valence-corrected chi connectivity index (χ0v) is 14.5. The fourth-order valence-corrected chi connectivity index (χ4v) is 3.62. The lowest BCUT2D eigenvalue weighted by molar-refractivity contribution is -0.384. The Morgan fingerprint density at radius 1 is 1.46 bits per heavy atom. The molecule has 0 aromatic heterocycles. The van der Waals surface area contributed by atoms with Crippen LogP contribution in [0.5, 0.6) is 0 Å². The summed E-state index contributed by atoms with van der Waals surface area (Å²) in [7, 11) is 0. The molecule has 1 unspecified atom stereocenters. The lowest BCUT2D eigenvalue weighted by Crippen LogP contribution is -2.47. The molecule has 1 atom stereocenters. The highest BCUT2D eigenvalue weighted by molar-refractivity contribution is 8.26. The maximum atomic E-state index is 12.5. The fraction of sp³-hybridized carbons (Fsp3) is 0.267. The molecule has 1 aromatic carbocycles. The van der Waals surface area contributed by atoms with Gasteiger partial charge in [-0.3, -0.25) is 19.8 Å². The van der Waals surface area contributed by atoms with E-state index >= 15 is 0 Å². The summed E-state index contributed by atoms with van der Waals surface area (Å²) in [5.74, 6) is -1.95. The van der Waals surface area contributed by atoms with E-state index in [2.05, 4.69) is 0 Å². The Kier molecular flexibility index (Phi) is 5.35. The summed E-state index contributed by atoms with van der Waals surface area (Å²) in [6, 6.07) is 4.77. The fourth-order valence-electron chi connectivity index (χ4n) is 2.29.